The Hall–Kier alpha value is -1.11. The van der Waals surface area contributed by atoms with E-state index in [4.69, 9.17) is 4.55 Å². The molecule has 0 aliphatic rings. The largest absolute Gasteiger partial charge is 0.508 e. The molecule has 0 spiro atoms. The topological polar surface area (TPSA) is 77.8 Å². The van der Waals surface area contributed by atoms with Gasteiger partial charge in [-0.3, -0.25) is 4.55 Å². The SMILES string of the molecule is CCCCCCCCCc1ccc(O)c(CN(C)CCS(=O)(=O)O)c1. The first-order valence-electron chi connectivity index (χ1n) is 9.26. The summed E-state index contributed by atoms with van der Waals surface area (Å²) in [6.07, 6.45) is 9.90. The van der Waals surface area contributed by atoms with Gasteiger partial charge in [0, 0.05) is 18.7 Å². The fourth-order valence-corrected chi connectivity index (χ4v) is 3.39. The van der Waals surface area contributed by atoms with Crippen molar-refractivity contribution in [2.45, 2.75) is 64.8 Å². The first kappa shape index (κ1) is 21.9. The van der Waals surface area contributed by atoms with Crippen LogP contribution in [0, 0.1) is 0 Å². The molecule has 0 heterocycles. The van der Waals surface area contributed by atoms with Gasteiger partial charge >= 0.3 is 0 Å². The minimum Gasteiger partial charge on any atom is -0.508 e. The van der Waals surface area contributed by atoms with Crippen molar-refractivity contribution < 1.29 is 18.1 Å². The van der Waals surface area contributed by atoms with Gasteiger partial charge in [0.25, 0.3) is 10.1 Å². The first-order chi connectivity index (χ1) is 11.8. The molecule has 1 rings (SSSR count). The Labute approximate surface area is 152 Å². The molecule has 1 aromatic rings. The molecule has 0 atom stereocenters. The van der Waals surface area contributed by atoms with Crippen molar-refractivity contribution in [3.8, 4) is 5.75 Å². The van der Waals surface area contributed by atoms with Crippen LogP contribution < -0.4 is 0 Å². The Kier molecular flexibility index (Phi) is 10.1. The predicted molar refractivity (Wildman–Crippen MR) is 103 cm³/mol. The highest BCUT2D eigenvalue weighted by atomic mass is 32.2. The van der Waals surface area contributed by atoms with Gasteiger partial charge in [-0.2, -0.15) is 8.42 Å². The van der Waals surface area contributed by atoms with Gasteiger partial charge in [0.15, 0.2) is 0 Å². The number of benzene rings is 1. The molecule has 0 saturated heterocycles. The number of hydrogen-bond donors (Lipinski definition) is 2. The van der Waals surface area contributed by atoms with E-state index in [1.807, 2.05) is 12.1 Å². The maximum Gasteiger partial charge on any atom is 0.266 e. The number of hydrogen-bond acceptors (Lipinski definition) is 4. The summed E-state index contributed by atoms with van der Waals surface area (Å²) in [5, 5.41) is 10.0. The van der Waals surface area contributed by atoms with Crippen LogP contribution in [0.4, 0.5) is 0 Å². The van der Waals surface area contributed by atoms with Crippen LogP contribution in [0.5, 0.6) is 5.75 Å². The predicted octanol–water partition coefficient (Wildman–Crippen LogP) is 4.00. The second-order valence-electron chi connectivity index (χ2n) is 6.86. The monoisotopic (exact) mass is 371 g/mol. The lowest BCUT2D eigenvalue weighted by Gasteiger charge is -2.17. The molecular formula is C19H33NO4S. The zero-order chi connectivity index (χ0) is 18.7. The summed E-state index contributed by atoms with van der Waals surface area (Å²) in [7, 11) is -2.19. The van der Waals surface area contributed by atoms with Crippen LogP contribution in [0.15, 0.2) is 18.2 Å². The minimum absolute atomic E-state index is 0.222. The molecule has 0 fully saturated rings. The lowest BCUT2D eigenvalue weighted by atomic mass is 10.0. The minimum atomic E-state index is -3.96. The Balaban J connectivity index is 2.42. The van der Waals surface area contributed by atoms with E-state index in [-0.39, 0.29) is 18.0 Å². The zero-order valence-corrected chi connectivity index (χ0v) is 16.4. The molecule has 0 aromatic heterocycles. The number of phenolic OH excluding ortho intramolecular Hbond substituents is 1. The van der Waals surface area contributed by atoms with Gasteiger partial charge in [-0.1, -0.05) is 57.6 Å². The Bertz CT molecular complexity index is 601. The highest BCUT2D eigenvalue weighted by molar-refractivity contribution is 7.85. The number of unbranched alkanes of at least 4 members (excludes halogenated alkanes) is 6. The van der Waals surface area contributed by atoms with E-state index in [1.54, 1.807) is 18.0 Å². The first-order valence-corrected chi connectivity index (χ1v) is 10.9. The fraction of sp³-hybridized carbons (Fsp3) is 0.684. The van der Waals surface area contributed by atoms with Gasteiger partial charge in [-0.15, -0.1) is 0 Å². The number of rotatable bonds is 13. The standard InChI is InChI=1S/C19H33NO4S/c1-3-4-5-6-7-8-9-10-17-11-12-19(21)18(15-17)16-20(2)13-14-25(22,23)24/h11-12,15,21H,3-10,13-14,16H2,1-2H3,(H,22,23,24). The summed E-state index contributed by atoms with van der Waals surface area (Å²) in [6, 6.07) is 5.66. The second kappa shape index (κ2) is 11.5. The molecule has 6 heteroatoms. The highest BCUT2D eigenvalue weighted by Gasteiger charge is 2.10. The van der Waals surface area contributed by atoms with Crippen molar-refractivity contribution in [1.29, 1.82) is 0 Å². The normalized spacial score (nSPS) is 12.0. The lowest BCUT2D eigenvalue weighted by Crippen LogP contribution is -2.25. The Morgan fingerprint density at radius 2 is 1.68 bits per heavy atom. The maximum atomic E-state index is 10.8. The van der Waals surface area contributed by atoms with E-state index in [0.717, 1.165) is 18.4 Å². The molecule has 5 nitrogen and oxygen atoms in total. The van der Waals surface area contributed by atoms with Crippen LogP contribution in [0.1, 0.15) is 63.0 Å². The zero-order valence-electron chi connectivity index (χ0n) is 15.6. The molecule has 2 N–H and O–H groups in total. The van der Waals surface area contributed by atoms with Crippen molar-refractivity contribution in [3.05, 3.63) is 29.3 Å². The van der Waals surface area contributed by atoms with Gasteiger partial charge in [0.05, 0.1) is 5.75 Å². The quantitative estimate of drug-likeness (QED) is 0.405. The molecule has 0 bridgehead atoms. The molecule has 0 unspecified atom stereocenters. The van der Waals surface area contributed by atoms with Gasteiger partial charge in [0.2, 0.25) is 0 Å². The third kappa shape index (κ3) is 10.5. The van der Waals surface area contributed by atoms with Crippen LogP contribution in [0.25, 0.3) is 0 Å². The molecule has 25 heavy (non-hydrogen) atoms. The summed E-state index contributed by atoms with van der Waals surface area (Å²) >= 11 is 0. The van der Waals surface area contributed by atoms with E-state index in [9.17, 15) is 13.5 Å². The van der Waals surface area contributed by atoms with Crippen LogP contribution in [-0.2, 0) is 23.1 Å². The summed E-state index contributed by atoms with van der Waals surface area (Å²) in [5.41, 5.74) is 1.99. The van der Waals surface area contributed by atoms with E-state index in [2.05, 4.69) is 6.92 Å². The number of aryl methyl sites for hydroxylation is 1. The summed E-state index contributed by atoms with van der Waals surface area (Å²) in [6.45, 7) is 2.90. The molecule has 144 valence electrons. The molecule has 1 aromatic carbocycles. The number of phenols is 1. The van der Waals surface area contributed by atoms with E-state index >= 15 is 0 Å². The smallest absolute Gasteiger partial charge is 0.266 e. The van der Waals surface area contributed by atoms with Crippen molar-refractivity contribution in [1.82, 2.24) is 4.90 Å². The van der Waals surface area contributed by atoms with Crippen LogP contribution in [0.3, 0.4) is 0 Å². The fourth-order valence-electron chi connectivity index (χ4n) is 2.85. The van der Waals surface area contributed by atoms with Gasteiger partial charge in [0.1, 0.15) is 5.75 Å². The Morgan fingerprint density at radius 3 is 2.32 bits per heavy atom. The van der Waals surface area contributed by atoms with E-state index in [1.165, 1.54) is 44.1 Å². The number of nitrogens with zero attached hydrogens (tertiary/aromatic N) is 1. The van der Waals surface area contributed by atoms with Crippen molar-refractivity contribution in [2.75, 3.05) is 19.3 Å². The summed E-state index contributed by atoms with van der Waals surface area (Å²) in [5.74, 6) is -0.0795. The molecule has 0 aliphatic carbocycles. The second-order valence-corrected chi connectivity index (χ2v) is 8.43. The number of aromatic hydroxyl groups is 1. The lowest BCUT2D eigenvalue weighted by molar-refractivity contribution is 0.334. The van der Waals surface area contributed by atoms with E-state index < -0.39 is 10.1 Å². The molecule has 0 amide bonds. The van der Waals surface area contributed by atoms with Crippen LogP contribution in [0.2, 0.25) is 0 Å². The van der Waals surface area contributed by atoms with Crippen molar-refractivity contribution in [2.24, 2.45) is 0 Å². The van der Waals surface area contributed by atoms with Gasteiger partial charge < -0.3 is 10.0 Å². The van der Waals surface area contributed by atoms with Crippen molar-refractivity contribution in [3.63, 3.8) is 0 Å². The van der Waals surface area contributed by atoms with Crippen LogP contribution in [-0.4, -0.2) is 42.3 Å². The summed E-state index contributed by atoms with van der Waals surface area (Å²) in [4.78, 5) is 1.78. The highest BCUT2D eigenvalue weighted by Crippen LogP contribution is 2.21. The summed E-state index contributed by atoms with van der Waals surface area (Å²) < 4.78 is 30.5. The molecular weight excluding hydrogens is 338 g/mol. The maximum absolute atomic E-state index is 10.8. The van der Waals surface area contributed by atoms with E-state index in [0.29, 0.717) is 6.54 Å². The van der Waals surface area contributed by atoms with Gasteiger partial charge in [-0.25, -0.2) is 0 Å². The third-order valence-electron chi connectivity index (χ3n) is 4.38. The van der Waals surface area contributed by atoms with Crippen molar-refractivity contribution >= 4 is 10.1 Å². The average Bonchev–Trinajstić information content (AvgIpc) is 2.54. The molecule has 0 aliphatic heterocycles. The Morgan fingerprint density at radius 1 is 1.04 bits per heavy atom. The van der Waals surface area contributed by atoms with Crippen LogP contribution >= 0.6 is 0 Å². The molecule has 0 saturated carbocycles. The molecule has 0 radical (unpaired) electrons. The van der Waals surface area contributed by atoms with Gasteiger partial charge in [-0.05, 0) is 31.5 Å². The third-order valence-corrected chi connectivity index (χ3v) is 5.08. The average molecular weight is 372 g/mol.